The second-order valence-electron chi connectivity index (χ2n) is 5.81. The van der Waals surface area contributed by atoms with E-state index < -0.39 is 29.3 Å². The molecule has 0 unspecified atom stereocenters. The largest absolute Gasteiger partial charge is 0.545 e. The molecule has 1 aliphatic carbocycles. The summed E-state index contributed by atoms with van der Waals surface area (Å²) >= 11 is 0. The number of carbonyl (C=O) groups excluding carboxylic acids is 2. The van der Waals surface area contributed by atoms with Crippen LogP contribution < -0.4 is 9.84 Å². The summed E-state index contributed by atoms with van der Waals surface area (Å²) < 4.78 is 23.9. The average Bonchev–Trinajstić information content (AvgIpc) is 2.90. The maximum atomic E-state index is 13.6. The second kappa shape index (κ2) is 6.34. The van der Waals surface area contributed by atoms with Gasteiger partial charge in [-0.05, 0) is 49.8 Å². The van der Waals surface area contributed by atoms with E-state index in [4.69, 9.17) is 9.47 Å². The monoisotopic (exact) mass is 309 g/mol. The molecule has 0 saturated heterocycles. The summed E-state index contributed by atoms with van der Waals surface area (Å²) in [5.74, 6) is -2.69. The van der Waals surface area contributed by atoms with Crippen molar-refractivity contribution in [3.05, 3.63) is 29.6 Å². The number of rotatable bonds is 4. The molecule has 0 spiro atoms. The molecule has 1 aromatic carbocycles. The minimum Gasteiger partial charge on any atom is -0.545 e. The van der Waals surface area contributed by atoms with Gasteiger partial charge in [-0.25, -0.2) is 9.18 Å². The maximum Gasteiger partial charge on any atom is 0.514 e. The highest BCUT2D eigenvalue weighted by Gasteiger charge is 2.41. The van der Waals surface area contributed by atoms with Crippen LogP contribution >= 0.6 is 0 Å². The topological polar surface area (TPSA) is 75.7 Å². The maximum absolute atomic E-state index is 13.6. The zero-order valence-electron chi connectivity index (χ0n) is 12.6. The average molecular weight is 309 g/mol. The van der Waals surface area contributed by atoms with E-state index in [0.29, 0.717) is 0 Å². The number of hydrogen-bond acceptors (Lipinski definition) is 5. The fourth-order valence-corrected chi connectivity index (χ4v) is 2.76. The summed E-state index contributed by atoms with van der Waals surface area (Å²) in [5.41, 5.74) is -0.872. The highest BCUT2D eigenvalue weighted by Crippen LogP contribution is 2.39. The van der Waals surface area contributed by atoms with Crippen molar-refractivity contribution in [1.29, 1.82) is 0 Å². The van der Waals surface area contributed by atoms with Crippen LogP contribution in [0.2, 0.25) is 0 Å². The Hall–Kier alpha value is -2.11. The molecule has 6 heteroatoms. The molecule has 1 fully saturated rings. The molecule has 0 aliphatic heterocycles. The van der Waals surface area contributed by atoms with Gasteiger partial charge >= 0.3 is 6.16 Å². The first kappa shape index (κ1) is 16.3. The van der Waals surface area contributed by atoms with E-state index in [2.05, 4.69) is 0 Å². The van der Waals surface area contributed by atoms with Gasteiger partial charge in [-0.15, -0.1) is 0 Å². The van der Waals surface area contributed by atoms with Crippen molar-refractivity contribution in [3.8, 4) is 5.75 Å². The van der Waals surface area contributed by atoms with Gasteiger partial charge < -0.3 is 19.4 Å². The second-order valence-corrected chi connectivity index (χ2v) is 5.81. The molecule has 1 saturated carbocycles. The van der Waals surface area contributed by atoms with Gasteiger partial charge in [-0.1, -0.05) is 13.8 Å². The fourth-order valence-electron chi connectivity index (χ4n) is 2.76. The number of hydrogen-bond donors (Lipinski definition) is 0. The molecule has 0 N–H and O–H groups in total. The minimum atomic E-state index is -1.48. The molecular formula is C16H18FO5-. The van der Waals surface area contributed by atoms with Crippen LogP contribution in [0.4, 0.5) is 9.18 Å². The Balaban J connectivity index is 2.12. The quantitative estimate of drug-likeness (QED) is 0.631. The third-order valence-corrected chi connectivity index (χ3v) is 4.15. The third kappa shape index (κ3) is 3.37. The number of carboxylic acids is 1. The molecule has 22 heavy (non-hydrogen) atoms. The summed E-state index contributed by atoms with van der Waals surface area (Å²) in [4.78, 5) is 22.7. The summed E-state index contributed by atoms with van der Waals surface area (Å²) in [6, 6.07) is 2.85. The third-order valence-electron chi connectivity index (χ3n) is 4.15. The van der Waals surface area contributed by atoms with Crippen LogP contribution in [0.15, 0.2) is 18.2 Å². The van der Waals surface area contributed by atoms with Gasteiger partial charge in [0.05, 0.1) is 5.97 Å². The highest BCUT2D eigenvalue weighted by atomic mass is 19.1. The first-order chi connectivity index (χ1) is 10.3. The molecule has 0 heterocycles. The fraction of sp³-hybridized carbons (Fsp3) is 0.500. The number of halogens is 1. The Morgan fingerprint density at radius 1 is 1.27 bits per heavy atom. The van der Waals surface area contributed by atoms with E-state index in [0.717, 1.165) is 43.9 Å². The number of aromatic carboxylic acids is 1. The molecule has 0 bridgehead atoms. The van der Waals surface area contributed by atoms with Crippen molar-refractivity contribution < 1.29 is 28.6 Å². The summed E-state index contributed by atoms with van der Waals surface area (Å²) in [5, 5.41) is 10.8. The van der Waals surface area contributed by atoms with Crippen LogP contribution in [0.25, 0.3) is 0 Å². The first-order valence-electron chi connectivity index (χ1n) is 7.26. The molecule has 120 valence electrons. The van der Waals surface area contributed by atoms with Gasteiger partial charge in [0.25, 0.3) is 0 Å². The molecular weight excluding hydrogens is 291 g/mol. The van der Waals surface area contributed by atoms with Crippen LogP contribution in [0, 0.1) is 11.7 Å². The van der Waals surface area contributed by atoms with Crippen molar-refractivity contribution >= 4 is 12.1 Å². The zero-order chi connectivity index (χ0) is 16.3. The normalized spacial score (nSPS) is 16.5. The molecule has 1 aliphatic rings. The van der Waals surface area contributed by atoms with Gasteiger partial charge in [0.15, 0.2) is 11.6 Å². The Morgan fingerprint density at radius 3 is 2.45 bits per heavy atom. The standard InChI is InChI=1S/C16H19FO5/c1-10(2)16(7-3-4-8-16)22-15(20)21-13-9-11(14(18)19)5-6-12(13)17/h5-6,9-10H,3-4,7-8H2,1-2H3,(H,18,19)/p-1. The lowest BCUT2D eigenvalue weighted by Gasteiger charge is -2.32. The van der Waals surface area contributed by atoms with E-state index in [1.165, 1.54) is 0 Å². The molecule has 1 aromatic rings. The highest BCUT2D eigenvalue weighted by molar-refractivity contribution is 5.86. The number of carboxylic acid groups (broad SMARTS) is 1. The van der Waals surface area contributed by atoms with E-state index in [9.17, 15) is 19.1 Å². The van der Waals surface area contributed by atoms with Gasteiger partial charge in [0.1, 0.15) is 5.60 Å². The summed E-state index contributed by atoms with van der Waals surface area (Å²) in [7, 11) is 0. The first-order valence-corrected chi connectivity index (χ1v) is 7.26. The Kier molecular flexibility index (Phi) is 4.68. The zero-order valence-corrected chi connectivity index (χ0v) is 12.6. The van der Waals surface area contributed by atoms with Crippen LogP contribution in [-0.2, 0) is 4.74 Å². The van der Waals surface area contributed by atoms with Crippen LogP contribution in [0.1, 0.15) is 49.9 Å². The van der Waals surface area contributed by atoms with Crippen molar-refractivity contribution in [2.75, 3.05) is 0 Å². The lowest BCUT2D eigenvalue weighted by molar-refractivity contribution is -0.255. The van der Waals surface area contributed by atoms with Crippen molar-refractivity contribution in [1.82, 2.24) is 0 Å². The predicted octanol–water partition coefficient (Wildman–Crippen LogP) is 2.67. The number of carbonyl (C=O) groups is 2. The Morgan fingerprint density at radius 2 is 1.91 bits per heavy atom. The van der Waals surface area contributed by atoms with E-state index >= 15 is 0 Å². The van der Waals surface area contributed by atoms with E-state index in [1.807, 2.05) is 13.8 Å². The Bertz CT molecular complexity index is 576. The van der Waals surface area contributed by atoms with Gasteiger partial charge in [0, 0.05) is 5.56 Å². The summed E-state index contributed by atoms with van der Waals surface area (Å²) in [6.45, 7) is 3.91. The SMILES string of the molecule is CC(C)C1(OC(=O)Oc2cc(C(=O)[O-])ccc2F)CCCC1. The van der Waals surface area contributed by atoms with Crippen LogP contribution in [0.3, 0.4) is 0 Å². The lowest BCUT2D eigenvalue weighted by atomic mass is 9.88. The van der Waals surface area contributed by atoms with Crippen LogP contribution in [-0.4, -0.2) is 17.7 Å². The lowest BCUT2D eigenvalue weighted by Crippen LogP contribution is -2.38. The smallest absolute Gasteiger partial charge is 0.514 e. The molecule has 2 rings (SSSR count). The molecule has 0 amide bonds. The van der Waals surface area contributed by atoms with Crippen molar-refractivity contribution in [3.63, 3.8) is 0 Å². The molecule has 5 nitrogen and oxygen atoms in total. The molecule has 0 radical (unpaired) electrons. The van der Waals surface area contributed by atoms with E-state index in [-0.39, 0.29) is 11.5 Å². The van der Waals surface area contributed by atoms with Gasteiger partial charge in [0.2, 0.25) is 0 Å². The van der Waals surface area contributed by atoms with Gasteiger partial charge in [-0.3, -0.25) is 0 Å². The van der Waals surface area contributed by atoms with Crippen molar-refractivity contribution in [2.45, 2.75) is 45.1 Å². The number of ether oxygens (including phenoxy) is 2. The van der Waals surface area contributed by atoms with Crippen molar-refractivity contribution in [2.24, 2.45) is 5.92 Å². The van der Waals surface area contributed by atoms with Crippen LogP contribution in [0.5, 0.6) is 5.75 Å². The minimum absolute atomic E-state index is 0.113. The van der Waals surface area contributed by atoms with E-state index in [1.54, 1.807) is 0 Å². The summed E-state index contributed by atoms with van der Waals surface area (Å²) in [6.07, 6.45) is 2.37. The predicted molar refractivity (Wildman–Crippen MR) is 73.9 cm³/mol. The number of benzene rings is 1. The Labute approximate surface area is 128 Å². The molecule has 0 atom stereocenters. The van der Waals surface area contributed by atoms with Gasteiger partial charge in [-0.2, -0.15) is 0 Å². The molecule has 0 aromatic heterocycles.